The van der Waals surface area contributed by atoms with Gasteiger partial charge >= 0.3 is 5.91 Å². The number of aromatic nitrogens is 1. The van der Waals surface area contributed by atoms with Crippen LogP contribution in [0.2, 0.25) is 0 Å². The lowest BCUT2D eigenvalue weighted by Crippen LogP contribution is -2.29. The maximum atomic E-state index is 13.6. The zero-order valence-electron chi connectivity index (χ0n) is 24.0. The maximum absolute atomic E-state index is 13.6. The Labute approximate surface area is 249 Å². The van der Waals surface area contributed by atoms with E-state index in [2.05, 4.69) is 6.92 Å². The molecule has 1 aliphatic heterocycles. The van der Waals surface area contributed by atoms with E-state index in [0.717, 1.165) is 24.0 Å². The van der Waals surface area contributed by atoms with Crippen LogP contribution in [0.25, 0.3) is 16.0 Å². The minimum Gasteiger partial charge on any atom is -0.507 e. The fourth-order valence-electron chi connectivity index (χ4n) is 4.76. The zero-order chi connectivity index (χ0) is 29.6. The Balaban J connectivity index is 1.59. The highest BCUT2D eigenvalue weighted by atomic mass is 32.1. The summed E-state index contributed by atoms with van der Waals surface area (Å²) in [5, 5.41) is 11.8. The first-order valence-corrected chi connectivity index (χ1v) is 15.1. The summed E-state index contributed by atoms with van der Waals surface area (Å²) in [6.45, 7) is 7.72. The van der Waals surface area contributed by atoms with Crippen LogP contribution < -0.4 is 19.1 Å². The van der Waals surface area contributed by atoms with E-state index in [0.29, 0.717) is 58.8 Å². The van der Waals surface area contributed by atoms with Gasteiger partial charge in [0.25, 0.3) is 5.78 Å². The SMILES string of the molecule is CCCCOc1ccc(C2C(=C(O)c3ccc(OCCC)cc3)C(=O)C(=O)N2c2nc3ccc(OCC)cc3s2)cc1. The molecule has 0 spiro atoms. The van der Waals surface area contributed by atoms with Gasteiger partial charge in [-0.25, -0.2) is 4.98 Å². The smallest absolute Gasteiger partial charge is 0.301 e. The number of carbonyl (C=O) groups is 2. The average Bonchev–Trinajstić information content (AvgIpc) is 3.54. The van der Waals surface area contributed by atoms with Crippen LogP contribution in [0.5, 0.6) is 17.2 Å². The molecule has 0 aliphatic carbocycles. The summed E-state index contributed by atoms with van der Waals surface area (Å²) in [6, 6.07) is 18.8. The van der Waals surface area contributed by atoms with E-state index < -0.39 is 17.7 Å². The van der Waals surface area contributed by atoms with Gasteiger partial charge in [-0.1, -0.05) is 43.7 Å². The molecule has 0 bridgehead atoms. The van der Waals surface area contributed by atoms with Crippen LogP contribution in [0.4, 0.5) is 5.13 Å². The molecule has 218 valence electrons. The second-order valence-electron chi connectivity index (χ2n) is 9.87. The Kier molecular flexibility index (Phi) is 9.07. The number of unbranched alkanes of at least 4 members (excludes halogenated alkanes) is 1. The van der Waals surface area contributed by atoms with Crippen LogP contribution in [0.1, 0.15) is 57.2 Å². The molecule has 2 heterocycles. The number of Topliss-reactive ketones (excluding diaryl/α,β-unsaturated/α-hetero) is 1. The highest BCUT2D eigenvalue weighted by Gasteiger charge is 2.48. The molecule has 1 unspecified atom stereocenters. The number of benzene rings is 3. The fraction of sp³-hybridized carbons (Fsp3) is 0.303. The van der Waals surface area contributed by atoms with Crippen LogP contribution in [0, 0.1) is 0 Å². The Morgan fingerprint density at radius 2 is 1.52 bits per heavy atom. The zero-order valence-corrected chi connectivity index (χ0v) is 24.8. The number of nitrogens with zero attached hydrogens (tertiary/aromatic N) is 2. The quantitative estimate of drug-likeness (QED) is 0.0806. The molecular formula is C33H34N2O6S. The van der Waals surface area contributed by atoms with Crippen molar-refractivity contribution in [2.45, 2.75) is 46.1 Å². The standard InChI is InChI=1S/C33H34N2O6S/c1-4-7-19-41-24-12-8-21(9-13-24)29-28(30(36)22-10-14-23(15-11-22)40-18-5-2)31(37)32(38)35(29)33-34-26-17-16-25(39-6-3)20-27(26)42-33/h8-17,20,29,36H,4-7,18-19H2,1-3H3. The lowest BCUT2D eigenvalue weighted by Gasteiger charge is -2.23. The topological polar surface area (TPSA) is 98.2 Å². The number of hydrogen-bond donors (Lipinski definition) is 1. The van der Waals surface area contributed by atoms with E-state index in [1.807, 2.05) is 56.3 Å². The first-order chi connectivity index (χ1) is 20.4. The number of ketones is 1. The summed E-state index contributed by atoms with van der Waals surface area (Å²) < 4.78 is 17.9. The number of anilines is 1. The van der Waals surface area contributed by atoms with Gasteiger partial charge in [0.2, 0.25) is 0 Å². The number of aliphatic hydroxyl groups excluding tert-OH is 1. The van der Waals surface area contributed by atoms with Gasteiger partial charge in [-0.05, 0) is 79.9 Å². The predicted molar refractivity (Wildman–Crippen MR) is 165 cm³/mol. The number of ether oxygens (including phenoxy) is 3. The molecule has 1 amide bonds. The van der Waals surface area contributed by atoms with Crippen molar-refractivity contribution in [1.29, 1.82) is 0 Å². The van der Waals surface area contributed by atoms with E-state index in [9.17, 15) is 14.7 Å². The second-order valence-corrected chi connectivity index (χ2v) is 10.9. The van der Waals surface area contributed by atoms with Crippen molar-refractivity contribution in [2.75, 3.05) is 24.7 Å². The van der Waals surface area contributed by atoms with Gasteiger partial charge in [-0.2, -0.15) is 0 Å². The molecule has 42 heavy (non-hydrogen) atoms. The molecule has 1 N–H and O–H groups in total. The molecule has 1 aliphatic rings. The van der Waals surface area contributed by atoms with Gasteiger partial charge in [-0.3, -0.25) is 14.5 Å². The monoisotopic (exact) mass is 586 g/mol. The molecule has 5 rings (SSSR count). The fourth-order valence-corrected chi connectivity index (χ4v) is 5.78. The minimum absolute atomic E-state index is 0.00357. The van der Waals surface area contributed by atoms with E-state index in [-0.39, 0.29) is 11.3 Å². The van der Waals surface area contributed by atoms with Crippen LogP contribution in [-0.2, 0) is 9.59 Å². The molecule has 4 aromatic rings. The van der Waals surface area contributed by atoms with Crippen molar-refractivity contribution < 1.29 is 28.9 Å². The van der Waals surface area contributed by atoms with Crippen LogP contribution >= 0.6 is 11.3 Å². The van der Waals surface area contributed by atoms with Gasteiger partial charge in [0.05, 0.1) is 41.7 Å². The maximum Gasteiger partial charge on any atom is 0.301 e. The first kappa shape index (κ1) is 29.1. The molecule has 9 heteroatoms. The number of fused-ring (bicyclic) bond motifs is 1. The lowest BCUT2D eigenvalue weighted by molar-refractivity contribution is -0.132. The van der Waals surface area contributed by atoms with Crippen molar-refractivity contribution in [3.05, 3.63) is 83.4 Å². The number of aliphatic hydroxyl groups is 1. The number of rotatable bonds is 12. The third-order valence-electron chi connectivity index (χ3n) is 6.87. The van der Waals surface area contributed by atoms with Crippen molar-refractivity contribution >= 4 is 44.1 Å². The lowest BCUT2D eigenvalue weighted by atomic mass is 9.95. The van der Waals surface area contributed by atoms with Gasteiger partial charge in [-0.15, -0.1) is 0 Å². The molecule has 0 radical (unpaired) electrons. The second kappa shape index (κ2) is 13.1. The van der Waals surface area contributed by atoms with Crippen molar-refractivity contribution in [2.24, 2.45) is 0 Å². The highest BCUT2D eigenvalue weighted by molar-refractivity contribution is 7.22. The average molecular weight is 587 g/mol. The van der Waals surface area contributed by atoms with Crippen molar-refractivity contribution in [3.63, 3.8) is 0 Å². The van der Waals surface area contributed by atoms with Gasteiger partial charge < -0.3 is 19.3 Å². The third kappa shape index (κ3) is 5.97. The van der Waals surface area contributed by atoms with E-state index in [1.54, 1.807) is 24.3 Å². The summed E-state index contributed by atoms with van der Waals surface area (Å²) in [5.41, 5.74) is 1.74. The van der Waals surface area contributed by atoms with Crippen LogP contribution in [0.3, 0.4) is 0 Å². The Hall–Kier alpha value is -4.37. The molecule has 3 aromatic carbocycles. The third-order valence-corrected chi connectivity index (χ3v) is 7.89. The van der Waals surface area contributed by atoms with Crippen molar-refractivity contribution in [1.82, 2.24) is 4.98 Å². The molecule has 1 atom stereocenters. The molecule has 1 saturated heterocycles. The van der Waals surface area contributed by atoms with Crippen molar-refractivity contribution in [3.8, 4) is 17.2 Å². The number of amides is 1. The first-order valence-electron chi connectivity index (χ1n) is 14.3. The molecule has 1 aromatic heterocycles. The summed E-state index contributed by atoms with van der Waals surface area (Å²) in [7, 11) is 0. The molecule has 8 nitrogen and oxygen atoms in total. The summed E-state index contributed by atoms with van der Waals surface area (Å²) in [6.07, 6.45) is 2.83. The molecular weight excluding hydrogens is 552 g/mol. The normalized spacial score (nSPS) is 16.3. The van der Waals surface area contributed by atoms with Gasteiger partial charge in [0.1, 0.15) is 23.0 Å². The van der Waals surface area contributed by atoms with Crippen LogP contribution in [-0.4, -0.2) is 41.6 Å². The van der Waals surface area contributed by atoms with Gasteiger partial charge in [0.15, 0.2) is 5.13 Å². The summed E-state index contributed by atoms with van der Waals surface area (Å²) in [4.78, 5) is 33.3. The van der Waals surface area contributed by atoms with Crippen LogP contribution in [0.15, 0.2) is 72.3 Å². The number of hydrogen-bond acceptors (Lipinski definition) is 8. The van der Waals surface area contributed by atoms with Gasteiger partial charge in [0, 0.05) is 5.56 Å². The molecule has 0 saturated carbocycles. The highest BCUT2D eigenvalue weighted by Crippen LogP contribution is 2.45. The van der Waals surface area contributed by atoms with E-state index >= 15 is 0 Å². The molecule has 1 fully saturated rings. The Morgan fingerprint density at radius 1 is 0.857 bits per heavy atom. The Bertz CT molecular complexity index is 1590. The minimum atomic E-state index is -0.891. The predicted octanol–water partition coefficient (Wildman–Crippen LogP) is 7.29. The largest absolute Gasteiger partial charge is 0.507 e. The Morgan fingerprint density at radius 3 is 2.19 bits per heavy atom. The van der Waals surface area contributed by atoms with E-state index in [4.69, 9.17) is 19.2 Å². The van der Waals surface area contributed by atoms with E-state index in [1.165, 1.54) is 16.2 Å². The summed E-state index contributed by atoms with van der Waals surface area (Å²) in [5.74, 6) is 0.258. The number of carbonyl (C=O) groups excluding carboxylic acids is 2. The number of thiazole rings is 1. The summed E-state index contributed by atoms with van der Waals surface area (Å²) >= 11 is 1.29.